The number of nitrogens with zero attached hydrogens (tertiary/aromatic N) is 6. The first-order valence-corrected chi connectivity index (χ1v) is 9.73. The molecule has 0 aliphatic carbocycles. The van der Waals surface area contributed by atoms with Gasteiger partial charge >= 0.3 is 6.09 Å². The summed E-state index contributed by atoms with van der Waals surface area (Å²) in [6.07, 6.45) is 0.445. The van der Waals surface area contributed by atoms with E-state index < -0.39 is 18.0 Å². The van der Waals surface area contributed by atoms with Gasteiger partial charge in [0.15, 0.2) is 0 Å². The summed E-state index contributed by atoms with van der Waals surface area (Å²) in [7, 11) is 0. The number of piperidine rings is 1. The third-order valence-corrected chi connectivity index (χ3v) is 5.27. The van der Waals surface area contributed by atoms with E-state index in [9.17, 15) is 14.0 Å². The lowest BCUT2D eigenvalue weighted by atomic mass is 10.0. The van der Waals surface area contributed by atoms with Crippen LogP contribution in [-0.2, 0) is 9.53 Å². The second-order valence-corrected chi connectivity index (χ2v) is 7.38. The van der Waals surface area contributed by atoms with Crippen molar-refractivity contribution in [3.05, 3.63) is 24.0 Å². The number of nitrogen functional groups attached to an aromatic ring is 1. The predicted octanol–water partition coefficient (Wildman–Crippen LogP) is 0.697. The van der Waals surface area contributed by atoms with Crippen molar-refractivity contribution in [2.45, 2.75) is 31.9 Å². The molecule has 2 aliphatic heterocycles. The van der Waals surface area contributed by atoms with Crippen molar-refractivity contribution in [1.29, 1.82) is 0 Å². The summed E-state index contributed by atoms with van der Waals surface area (Å²) in [5.41, 5.74) is 6.41. The van der Waals surface area contributed by atoms with Gasteiger partial charge in [-0.15, -0.1) is 5.10 Å². The van der Waals surface area contributed by atoms with Gasteiger partial charge in [-0.2, -0.15) is 4.80 Å². The maximum Gasteiger partial charge on any atom is 0.414 e. The van der Waals surface area contributed by atoms with E-state index in [0.717, 1.165) is 12.8 Å². The molecule has 3 N–H and O–H groups in total. The fourth-order valence-corrected chi connectivity index (χ4v) is 3.75. The molecule has 30 heavy (non-hydrogen) atoms. The minimum Gasteiger partial charge on any atom is -0.442 e. The molecule has 0 unspecified atom stereocenters. The molecule has 0 bridgehead atoms. The molecule has 4 rings (SSSR count). The maximum absolute atomic E-state index is 14.9. The lowest BCUT2D eigenvalue weighted by molar-refractivity contribution is -0.119. The van der Waals surface area contributed by atoms with E-state index in [4.69, 9.17) is 10.5 Å². The van der Waals surface area contributed by atoms with Crippen LogP contribution < -0.4 is 20.9 Å². The van der Waals surface area contributed by atoms with Crippen molar-refractivity contribution < 1.29 is 18.7 Å². The van der Waals surface area contributed by atoms with Gasteiger partial charge in [-0.3, -0.25) is 9.69 Å². The number of amides is 2. The Bertz CT molecular complexity index is 943. The molecular formula is C18H23FN8O3. The normalized spacial score (nSPS) is 19.8. The zero-order chi connectivity index (χ0) is 21.3. The van der Waals surface area contributed by atoms with Gasteiger partial charge in [0.2, 0.25) is 5.91 Å². The zero-order valence-electron chi connectivity index (χ0n) is 16.5. The fourth-order valence-electron chi connectivity index (χ4n) is 3.75. The van der Waals surface area contributed by atoms with Gasteiger partial charge in [-0.25, -0.2) is 9.18 Å². The smallest absolute Gasteiger partial charge is 0.414 e. The molecule has 12 heteroatoms. The Hall–Kier alpha value is -3.44. The van der Waals surface area contributed by atoms with Gasteiger partial charge in [-0.1, -0.05) is 5.10 Å². The highest BCUT2D eigenvalue weighted by Gasteiger charge is 2.33. The molecule has 2 fully saturated rings. The maximum atomic E-state index is 14.9. The van der Waals surface area contributed by atoms with E-state index in [1.165, 1.54) is 22.7 Å². The Morgan fingerprint density at radius 2 is 2.13 bits per heavy atom. The number of ether oxygens (including phenoxy) is 1. The number of cyclic esters (lactones) is 1. The van der Waals surface area contributed by atoms with Crippen LogP contribution in [0.1, 0.15) is 25.8 Å². The Balaban J connectivity index is 1.39. The molecular weight excluding hydrogens is 395 g/mol. The number of hydrogen-bond acceptors (Lipinski definition) is 8. The number of nitrogens with one attached hydrogen (secondary N) is 1. The van der Waals surface area contributed by atoms with Crippen molar-refractivity contribution in [2.75, 3.05) is 41.7 Å². The van der Waals surface area contributed by atoms with E-state index >= 15 is 0 Å². The number of carbonyl (C=O) groups is 2. The largest absolute Gasteiger partial charge is 0.442 e. The summed E-state index contributed by atoms with van der Waals surface area (Å²) in [5.74, 6) is -0.474. The molecule has 0 spiro atoms. The highest BCUT2D eigenvalue weighted by Crippen LogP contribution is 2.31. The molecule has 2 saturated heterocycles. The Morgan fingerprint density at radius 3 is 2.77 bits per heavy atom. The van der Waals surface area contributed by atoms with Gasteiger partial charge in [-0.05, 0) is 36.3 Å². The molecule has 1 aromatic heterocycles. The minimum atomic E-state index is -0.557. The number of anilines is 3. The van der Waals surface area contributed by atoms with Crippen molar-refractivity contribution in [3.8, 4) is 0 Å². The van der Waals surface area contributed by atoms with E-state index in [2.05, 4.69) is 20.7 Å². The quantitative estimate of drug-likeness (QED) is 0.725. The van der Waals surface area contributed by atoms with Crippen molar-refractivity contribution in [3.63, 3.8) is 0 Å². The highest BCUT2D eigenvalue weighted by molar-refractivity contribution is 5.90. The molecule has 1 aromatic carbocycles. The van der Waals surface area contributed by atoms with Crippen LogP contribution in [0.4, 0.5) is 26.5 Å². The highest BCUT2D eigenvalue weighted by atomic mass is 19.1. The number of hydrogen-bond donors (Lipinski definition) is 2. The zero-order valence-corrected chi connectivity index (χ0v) is 16.5. The molecule has 160 valence electrons. The third kappa shape index (κ3) is 4.11. The summed E-state index contributed by atoms with van der Waals surface area (Å²) >= 11 is 0. The van der Waals surface area contributed by atoms with E-state index in [1.807, 2.05) is 4.90 Å². The predicted molar refractivity (Wildman–Crippen MR) is 105 cm³/mol. The van der Waals surface area contributed by atoms with Crippen LogP contribution in [-0.4, -0.2) is 64.5 Å². The Morgan fingerprint density at radius 1 is 1.37 bits per heavy atom. The molecule has 2 amide bonds. The van der Waals surface area contributed by atoms with Gasteiger partial charge in [0, 0.05) is 20.0 Å². The molecule has 2 aliphatic rings. The molecule has 11 nitrogen and oxygen atoms in total. The SMILES string of the molecule is CC(=O)NC[C@H]1CN(c2ccc(N3CCC(n4nnc(N)n4)CC3)c(F)c2)C(=O)O1. The fraction of sp³-hybridized carbons (Fsp3) is 0.500. The van der Waals surface area contributed by atoms with Crippen LogP contribution in [0.5, 0.6) is 0 Å². The topological polar surface area (TPSA) is 132 Å². The van der Waals surface area contributed by atoms with E-state index in [-0.39, 0.29) is 31.0 Å². The lowest BCUT2D eigenvalue weighted by Crippen LogP contribution is -2.36. The second kappa shape index (κ2) is 8.13. The van der Waals surface area contributed by atoms with Crippen LogP contribution in [0.3, 0.4) is 0 Å². The van der Waals surface area contributed by atoms with Crippen LogP contribution in [0.25, 0.3) is 0 Å². The third-order valence-electron chi connectivity index (χ3n) is 5.27. The summed E-state index contributed by atoms with van der Waals surface area (Å²) in [5, 5.41) is 14.3. The first kappa shape index (κ1) is 19.9. The van der Waals surface area contributed by atoms with Gasteiger partial charge < -0.3 is 20.7 Å². The standard InChI is InChI=1S/C18H23FN8O3/c1-11(28)21-9-14-10-26(18(29)30-14)13-2-3-16(15(19)8-13)25-6-4-12(5-7-25)27-23-17(20)22-24-27/h2-3,8,12,14H,4-7,9-10H2,1H3,(H2,20,23)(H,21,28)/t14-/m0/s1. The number of halogens is 1. The summed E-state index contributed by atoms with van der Waals surface area (Å²) < 4.78 is 20.1. The Labute approximate surface area is 171 Å². The second-order valence-electron chi connectivity index (χ2n) is 7.38. The van der Waals surface area contributed by atoms with E-state index in [1.54, 1.807) is 12.1 Å². The summed E-state index contributed by atoms with van der Waals surface area (Å²) in [6, 6.07) is 4.79. The Kier molecular flexibility index (Phi) is 5.38. The average Bonchev–Trinajstić information content (AvgIpc) is 3.32. The van der Waals surface area contributed by atoms with Crippen LogP contribution in [0.2, 0.25) is 0 Å². The summed E-state index contributed by atoms with van der Waals surface area (Å²) in [6.45, 7) is 3.12. The van der Waals surface area contributed by atoms with Gasteiger partial charge in [0.1, 0.15) is 11.9 Å². The van der Waals surface area contributed by atoms with E-state index in [0.29, 0.717) is 24.5 Å². The van der Waals surface area contributed by atoms with Crippen LogP contribution >= 0.6 is 0 Å². The lowest BCUT2D eigenvalue weighted by Gasteiger charge is -2.33. The number of nitrogens with two attached hydrogens (primary N) is 1. The number of tetrazole rings is 1. The van der Waals surface area contributed by atoms with Gasteiger partial charge in [0.05, 0.1) is 30.5 Å². The summed E-state index contributed by atoms with van der Waals surface area (Å²) in [4.78, 5) is 28.0. The molecule has 3 heterocycles. The average molecular weight is 418 g/mol. The monoisotopic (exact) mass is 418 g/mol. The molecule has 0 radical (unpaired) electrons. The van der Waals surface area contributed by atoms with Crippen molar-refractivity contribution >= 4 is 29.3 Å². The molecule has 0 saturated carbocycles. The first-order chi connectivity index (χ1) is 14.4. The minimum absolute atomic E-state index is 0.0771. The molecule has 1 atom stereocenters. The molecule has 2 aromatic rings. The first-order valence-electron chi connectivity index (χ1n) is 9.73. The number of benzene rings is 1. The van der Waals surface area contributed by atoms with Crippen molar-refractivity contribution in [1.82, 2.24) is 25.5 Å². The van der Waals surface area contributed by atoms with Crippen LogP contribution in [0, 0.1) is 5.82 Å². The van der Waals surface area contributed by atoms with Crippen LogP contribution in [0.15, 0.2) is 18.2 Å². The number of carbonyl (C=O) groups excluding carboxylic acids is 2. The number of rotatable bonds is 5. The number of aromatic nitrogens is 4. The van der Waals surface area contributed by atoms with Crippen molar-refractivity contribution in [2.24, 2.45) is 0 Å². The van der Waals surface area contributed by atoms with Gasteiger partial charge in [0.25, 0.3) is 5.95 Å².